The van der Waals surface area contributed by atoms with Crippen molar-refractivity contribution in [1.29, 1.82) is 0 Å². The summed E-state index contributed by atoms with van der Waals surface area (Å²) in [5, 5.41) is 0. The molecule has 0 radical (unpaired) electrons. The topological polar surface area (TPSA) is 37.4 Å². The van der Waals surface area contributed by atoms with Crippen molar-refractivity contribution in [3.8, 4) is 11.8 Å². The number of hydrogen-bond acceptors (Lipinski definition) is 3. The van der Waals surface area contributed by atoms with Crippen molar-refractivity contribution in [3.63, 3.8) is 0 Å². The number of allylic oxidation sites excluding steroid dienone is 4. The molecule has 5 rings (SSSR count). The molecule has 2 unspecified atom stereocenters. The molecule has 0 N–H and O–H groups in total. The van der Waals surface area contributed by atoms with Gasteiger partial charge in [-0.25, -0.2) is 0 Å². The molecule has 0 amide bonds. The maximum Gasteiger partial charge on any atom is 0.156 e. The van der Waals surface area contributed by atoms with E-state index in [1.54, 1.807) is 12.5 Å². The predicted molar refractivity (Wildman–Crippen MR) is 138 cm³/mol. The molecule has 4 aliphatic rings. The fourth-order valence-electron chi connectivity index (χ4n) is 8.08. The Hall–Kier alpha value is -2.60. The summed E-state index contributed by atoms with van der Waals surface area (Å²) in [6, 6.07) is 9.01. The molecule has 1 aromatic carbocycles. The van der Waals surface area contributed by atoms with Crippen LogP contribution in [0.2, 0.25) is 0 Å². The lowest BCUT2D eigenvalue weighted by atomic mass is 9.48. The molecule has 0 saturated heterocycles. The van der Waals surface area contributed by atoms with E-state index in [0.717, 1.165) is 38.5 Å². The summed E-state index contributed by atoms with van der Waals surface area (Å²) < 4.78 is 0. The van der Waals surface area contributed by atoms with Gasteiger partial charge in [0.2, 0.25) is 0 Å². The number of carbonyl (C=O) groups excluding carboxylic acids is 2. The van der Waals surface area contributed by atoms with E-state index in [1.807, 2.05) is 13.0 Å². The molecule has 0 heterocycles. The minimum Gasteiger partial charge on any atom is -0.378 e. The van der Waals surface area contributed by atoms with Crippen LogP contribution in [0.3, 0.4) is 0 Å². The summed E-state index contributed by atoms with van der Waals surface area (Å²) in [5.41, 5.74) is 6.16. The SMILES string of the molecule is CC#C[C@]1(C(C)=O)CCC2C3CCC4=CC(=O)CCC4=C3[C@@H](c3ccc(N(C)C)cc3)C[C@@]21C. The fourth-order valence-corrected chi connectivity index (χ4v) is 8.08. The summed E-state index contributed by atoms with van der Waals surface area (Å²) in [6.45, 7) is 6.02. The van der Waals surface area contributed by atoms with E-state index < -0.39 is 5.41 Å². The highest BCUT2D eigenvalue weighted by molar-refractivity contribution is 5.93. The maximum absolute atomic E-state index is 13.2. The van der Waals surface area contributed by atoms with Crippen LogP contribution in [0.25, 0.3) is 0 Å². The second-order valence-electron chi connectivity index (χ2n) is 11.4. The first-order valence-electron chi connectivity index (χ1n) is 12.9. The van der Waals surface area contributed by atoms with Gasteiger partial charge in [0.15, 0.2) is 5.78 Å². The van der Waals surface area contributed by atoms with Gasteiger partial charge in [-0.2, -0.15) is 0 Å². The number of nitrogens with zero attached hydrogens (tertiary/aromatic N) is 1. The third kappa shape index (κ3) is 3.25. The second kappa shape index (κ2) is 8.26. The van der Waals surface area contributed by atoms with Crippen molar-refractivity contribution >= 4 is 17.3 Å². The van der Waals surface area contributed by atoms with Gasteiger partial charge < -0.3 is 4.90 Å². The highest BCUT2D eigenvalue weighted by Gasteiger charge is 2.64. The molecule has 0 spiro atoms. The lowest BCUT2D eigenvalue weighted by Gasteiger charge is -2.54. The van der Waals surface area contributed by atoms with Crippen molar-refractivity contribution in [2.45, 2.75) is 71.6 Å². The third-order valence-electron chi connectivity index (χ3n) is 9.68. The molecule has 2 saturated carbocycles. The number of benzene rings is 1. The van der Waals surface area contributed by atoms with Crippen molar-refractivity contribution in [3.05, 3.63) is 52.6 Å². The van der Waals surface area contributed by atoms with Crippen LogP contribution in [-0.2, 0) is 9.59 Å². The first kappa shape index (κ1) is 23.2. The van der Waals surface area contributed by atoms with E-state index in [-0.39, 0.29) is 22.9 Å². The van der Waals surface area contributed by atoms with E-state index in [2.05, 4.69) is 62.0 Å². The normalized spacial score (nSPS) is 34.3. The molecule has 4 aliphatic carbocycles. The van der Waals surface area contributed by atoms with Crippen LogP contribution < -0.4 is 4.90 Å². The zero-order valence-electron chi connectivity index (χ0n) is 21.3. The number of rotatable bonds is 3. The minimum absolute atomic E-state index is 0.146. The number of anilines is 1. The van der Waals surface area contributed by atoms with Gasteiger partial charge in [0, 0.05) is 32.1 Å². The Bertz CT molecular complexity index is 1160. The van der Waals surface area contributed by atoms with E-state index in [0.29, 0.717) is 18.3 Å². The quantitative estimate of drug-likeness (QED) is 0.506. The first-order chi connectivity index (χ1) is 16.2. The summed E-state index contributed by atoms with van der Waals surface area (Å²) in [4.78, 5) is 27.6. The van der Waals surface area contributed by atoms with Gasteiger partial charge in [0.1, 0.15) is 5.78 Å². The van der Waals surface area contributed by atoms with Crippen molar-refractivity contribution in [2.75, 3.05) is 19.0 Å². The van der Waals surface area contributed by atoms with E-state index >= 15 is 0 Å². The molecule has 3 nitrogen and oxygen atoms in total. The van der Waals surface area contributed by atoms with Gasteiger partial charge >= 0.3 is 0 Å². The second-order valence-corrected chi connectivity index (χ2v) is 11.4. The molecule has 0 bridgehead atoms. The molecular weight excluding hydrogens is 418 g/mol. The number of ketones is 2. The molecule has 1 aromatic rings. The average molecular weight is 456 g/mol. The Balaban J connectivity index is 1.70. The van der Waals surface area contributed by atoms with Crippen molar-refractivity contribution in [2.24, 2.45) is 22.7 Å². The van der Waals surface area contributed by atoms with Gasteiger partial charge in [0.25, 0.3) is 0 Å². The zero-order valence-corrected chi connectivity index (χ0v) is 21.3. The number of fused-ring (bicyclic) bond motifs is 4. The van der Waals surface area contributed by atoms with Gasteiger partial charge in [-0.05, 0) is 105 Å². The molecule has 0 aromatic heterocycles. The van der Waals surface area contributed by atoms with Crippen LogP contribution in [0.15, 0.2) is 47.1 Å². The smallest absolute Gasteiger partial charge is 0.156 e. The van der Waals surface area contributed by atoms with Crippen LogP contribution in [0.5, 0.6) is 0 Å². The molecule has 34 heavy (non-hydrogen) atoms. The highest BCUT2D eigenvalue weighted by atomic mass is 16.1. The highest BCUT2D eigenvalue weighted by Crippen LogP contribution is 2.69. The summed E-state index contributed by atoms with van der Waals surface area (Å²) in [5.74, 6) is 8.35. The summed E-state index contributed by atoms with van der Waals surface area (Å²) in [6.07, 6.45) is 8.38. The van der Waals surface area contributed by atoms with Crippen molar-refractivity contribution < 1.29 is 9.59 Å². The average Bonchev–Trinajstić information content (AvgIpc) is 3.11. The Morgan fingerprint density at radius 1 is 1.09 bits per heavy atom. The summed E-state index contributed by atoms with van der Waals surface area (Å²) in [7, 11) is 4.14. The molecule has 5 atom stereocenters. The van der Waals surface area contributed by atoms with Crippen LogP contribution in [0.4, 0.5) is 5.69 Å². The van der Waals surface area contributed by atoms with Crippen LogP contribution in [0, 0.1) is 34.5 Å². The lowest BCUT2D eigenvalue weighted by molar-refractivity contribution is -0.130. The van der Waals surface area contributed by atoms with Gasteiger partial charge in [0.05, 0.1) is 5.41 Å². The largest absolute Gasteiger partial charge is 0.378 e. The molecular formula is C31H37NO2. The van der Waals surface area contributed by atoms with Crippen LogP contribution >= 0.6 is 0 Å². The monoisotopic (exact) mass is 455 g/mol. The molecule has 0 aliphatic heterocycles. The number of carbonyl (C=O) groups is 2. The summed E-state index contributed by atoms with van der Waals surface area (Å²) >= 11 is 0. The number of Topliss-reactive ketones (excluding diaryl/α,β-unsaturated/α-hetero) is 1. The van der Waals surface area contributed by atoms with Crippen LogP contribution in [-0.4, -0.2) is 25.7 Å². The predicted octanol–water partition coefficient (Wildman–Crippen LogP) is 6.25. The van der Waals surface area contributed by atoms with Crippen molar-refractivity contribution in [1.82, 2.24) is 0 Å². The number of hydrogen-bond donors (Lipinski definition) is 0. The third-order valence-corrected chi connectivity index (χ3v) is 9.68. The van der Waals surface area contributed by atoms with E-state index in [4.69, 9.17) is 0 Å². The van der Waals surface area contributed by atoms with E-state index in [1.165, 1.54) is 22.4 Å². The first-order valence-corrected chi connectivity index (χ1v) is 12.9. The Morgan fingerprint density at radius 2 is 1.82 bits per heavy atom. The molecule has 3 heteroatoms. The van der Waals surface area contributed by atoms with Crippen LogP contribution in [0.1, 0.15) is 77.2 Å². The fraction of sp³-hybridized carbons (Fsp3) is 0.548. The van der Waals surface area contributed by atoms with Gasteiger partial charge in [-0.15, -0.1) is 5.92 Å². The zero-order chi connectivity index (χ0) is 24.3. The standard InChI is InChI=1S/C31H37NO2/c1-6-16-31(20(2)33)17-15-28-26-13-9-22-18-24(34)12-14-25(22)29(26)27(19-30(28,31)3)21-7-10-23(11-8-21)32(4)5/h7-8,10-11,18,26-28H,9,12-15,17,19H2,1-5H3/t26?,27-,28?,30+,31-/m1/s1. The molecule has 2 fully saturated rings. The Kier molecular flexibility index (Phi) is 5.63. The Labute approximate surface area is 204 Å². The lowest BCUT2D eigenvalue weighted by Crippen LogP contribution is -2.50. The maximum atomic E-state index is 13.2. The molecule has 178 valence electrons. The van der Waals surface area contributed by atoms with E-state index in [9.17, 15) is 9.59 Å². The minimum atomic E-state index is -0.552. The van der Waals surface area contributed by atoms with Gasteiger partial charge in [-0.3, -0.25) is 9.59 Å². The Morgan fingerprint density at radius 3 is 2.47 bits per heavy atom. The van der Waals surface area contributed by atoms with Gasteiger partial charge in [-0.1, -0.05) is 30.6 Å².